The zero-order valence-electron chi connectivity index (χ0n) is 18.7. The van der Waals surface area contributed by atoms with Crippen molar-refractivity contribution in [2.45, 2.75) is 65.6 Å². The summed E-state index contributed by atoms with van der Waals surface area (Å²) in [6.07, 6.45) is 3.97. The minimum atomic E-state index is 0. The molecule has 1 atom stereocenters. The van der Waals surface area contributed by atoms with Crippen molar-refractivity contribution in [2.24, 2.45) is 4.99 Å². The summed E-state index contributed by atoms with van der Waals surface area (Å²) >= 11 is 0. The van der Waals surface area contributed by atoms with Crippen molar-refractivity contribution in [1.29, 1.82) is 0 Å². The molecule has 0 spiro atoms. The number of guanidine groups is 1. The highest BCUT2D eigenvalue weighted by molar-refractivity contribution is 14.0. The zero-order valence-corrected chi connectivity index (χ0v) is 21.0. The summed E-state index contributed by atoms with van der Waals surface area (Å²) in [5.74, 6) is 1.79. The van der Waals surface area contributed by atoms with Crippen LogP contribution in [0.5, 0.6) is 0 Å². The molecular weight excluding hydrogens is 489 g/mol. The molecule has 1 aliphatic rings. The lowest BCUT2D eigenvalue weighted by molar-refractivity contribution is 0.174. The lowest BCUT2D eigenvalue weighted by Crippen LogP contribution is -2.48. The van der Waals surface area contributed by atoms with E-state index in [1.807, 2.05) is 7.05 Å². The Morgan fingerprint density at radius 1 is 1.17 bits per heavy atom. The first kappa shape index (κ1) is 24.7. The Hall–Kier alpha value is -1.61. The first-order valence-corrected chi connectivity index (χ1v) is 10.9. The maximum absolute atomic E-state index is 5.47. The first-order valence-electron chi connectivity index (χ1n) is 10.9. The molecule has 0 fully saturated rings. The second-order valence-corrected chi connectivity index (χ2v) is 7.60. The zero-order chi connectivity index (χ0) is 20.6. The van der Waals surface area contributed by atoms with Crippen LogP contribution >= 0.6 is 24.0 Å². The van der Waals surface area contributed by atoms with E-state index in [2.05, 4.69) is 70.7 Å². The Bertz CT molecular complexity index is 798. The van der Waals surface area contributed by atoms with Crippen molar-refractivity contribution in [3.05, 3.63) is 52.4 Å². The van der Waals surface area contributed by atoms with E-state index in [0.717, 1.165) is 68.3 Å². The number of nitrogens with one attached hydrogen (secondary N) is 2. The summed E-state index contributed by atoms with van der Waals surface area (Å²) < 4.78 is 5.47. The number of hydrogen-bond acceptors (Lipinski definition) is 4. The summed E-state index contributed by atoms with van der Waals surface area (Å²) in [7, 11) is 1.82. The van der Waals surface area contributed by atoms with Crippen LogP contribution in [-0.2, 0) is 32.4 Å². The van der Waals surface area contributed by atoms with Gasteiger partial charge in [0, 0.05) is 51.3 Å². The number of nitrogens with zero attached hydrogens (tertiary/aromatic N) is 3. The van der Waals surface area contributed by atoms with Crippen molar-refractivity contribution in [3.63, 3.8) is 0 Å². The van der Waals surface area contributed by atoms with Crippen molar-refractivity contribution in [2.75, 3.05) is 20.1 Å². The Kier molecular flexibility index (Phi) is 10.1. The molecule has 1 aromatic carbocycles. The average molecular weight is 525 g/mol. The standard InChI is InChI=1S/C23H35N5O.HI/c1-5-19(28-13-12-17-10-8-9-11-18(17)16-28)14-25-23(24-4)26-15-20-21(6-2)27-29-22(20)7-3;/h8-11,19H,5-7,12-16H2,1-4H3,(H2,24,25,26);1H. The number of hydrogen-bond donors (Lipinski definition) is 2. The number of rotatable bonds is 8. The van der Waals surface area contributed by atoms with Gasteiger partial charge in [-0.1, -0.05) is 50.2 Å². The number of aryl methyl sites for hydroxylation is 2. The monoisotopic (exact) mass is 525 g/mol. The Morgan fingerprint density at radius 2 is 1.93 bits per heavy atom. The van der Waals surface area contributed by atoms with E-state index in [4.69, 9.17) is 4.52 Å². The van der Waals surface area contributed by atoms with Crippen molar-refractivity contribution < 1.29 is 4.52 Å². The van der Waals surface area contributed by atoms with Gasteiger partial charge in [-0.3, -0.25) is 9.89 Å². The summed E-state index contributed by atoms with van der Waals surface area (Å²) in [4.78, 5) is 7.00. The van der Waals surface area contributed by atoms with E-state index in [0.29, 0.717) is 12.6 Å². The third-order valence-electron chi connectivity index (χ3n) is 5.92. The lowest BCUT2D eigenvalue weighted by atomic mass is 9.98. The molecule has 30 heavy (non-hydrogen) atoms. The second-order valence-electron chi connectivity index (χ2n) is 7.60. The summed E-state index contributed by atoms with van der Waals surface area (Å²) in [6, 6.07) is 9.30. The van der Waals surface area contributed by atoms with Gasteiger partial charge in [0.25, 0.3) is 0 Å². The third-order valence-corrected chi connectivity index (χ3v) is 5.92. The van der Waals surface area contributed by atoms with Crippen molar-refractivity contribution in [1.82, 2.24) is 20.7 Å². The fraction of sp³-hybridized carbons (Fsp3) is 0.565. The molecule has 2 N–H and O–H groups in total. The fourth-order valence-electron chi connectivity index (χ4n) is 4.11. The fourth-order valence-corrected chi connectivity index (χ4v) is 4.11. The van der Waals surface area contributed by atoms with Crippen LogP contribution in [0.4, 0.5) is 0 Å². The molecule has 0 saturated carbocycles. The molecule has 2 heterocycles. The van der Waals surface area contributed by atoms with Crippen LogP contribution in [-0.4, -0.2) is 42.2 Å². The van der Waals surface area contributed by atoms with Gasteiger partial charge < -0.3 is 15.2 Å². The van der Waals surface area contributed by atoms with Gasteiger partial charge in [0.2, 0.25) is 0 Å². The minimum absolute atomic E-state index is 0. The first-order chi connectivity index (χ1) is 14.2. The molecule has 0 amide bonds. The molecule has 3 rings (SSSR count). The topological polar surface area (TPSA) is 65.7 Å². The summed E-state index contributed by atoms with van der Waals surface area (Å²) in [5, 5.41) is 11.2. The Labute approximate surface area is 197 Å². The highest BCUT2D eigenvalue weighted by Gasteiger charge is 2.22. The molecule has 7 heteroatoms. The Balaban J connectivity index is 0.00000320. The normalized spacial score (nSPS) is 15.3. The molecule has 0 aliphatic carbocycles. The van der Waals surface area contributed by atoms with E-state index in [1.165, 1.54) is 11.1 Å². The second kappa shape index (κ2) is 12.3. The molecule has 0 bridgehead atoms. The molecule has 0 radical (unpaired) electrons. The van der Waals surface area contributed by atoms with Crippen LogP contribution in [0, 0.1) is 0 Å². The molecule has 2 aromatic rings. The summed E-state index contributed by atoms with van der Waals surface area (Å²) in [5.41, 5.74) is 5.16. The van der Waals surface area contributed by atoms with Crippen LogP contribution in [0.2, 0.25) is 0 Å². The van der Waals surface area contributed by atoms with E-state index >= 15 is 0 Å². The van der Waals surface area contributed by atoms with E-state index in [1.54, 1.807) is 0 Å². The van der Waals surface area contributed by atoms with Gasteiger partial charge in [-0.25, -0.2) is 0 Å². The SMILES string of the molecule is CCc1noc(CC)c1CNC(=NC)NCC(CC)N1CCc2ccccc2C1.I. The Morgan fingerprint density at radius 3 is 2.60 bits per heavy atom. The molecule has 1 aliphatic heterocycles. The van der Waals surface area contributed by atoms with Gasteiger partial charge in [0.15, 0.2) is 5.96 Å². The van der Waals surface area contributed by atoms with Crippen molar-refractivity contribution >= 4 is 29.9 Å². The summed E-state index contributed by atoms with van der Waals surface area (Å²) in [6.45, 7) is 10.2. The van der Waals surface area contributed by atoms with Crippen molar-refractivity contribution in [3.8, 4) is 0 Å². The number of aromatic nitrogens is 1. The number of fused-ring (bicyclic) bond motifs is 1. The third kappa shape index (κ3) is 5.97. The molecule has 0 saturated heterocycles. The maximum Gasteiger partial charge on any atom is 0.191 e. The van der Waals surface area contributed by atoms with Crippen LogP contribution in [0.15, 0.2) is 33.8 Å². The van der Waals surface area contributed by atoms with Crippen LogP contribution < -0.4 is 10.6 Å². The van der Waals surface area contributed by atoms with Crippen LogP contribution in [0.3, 0.4) is 0 Å². The number of halogens is 1. The molecule has 6 nitrogen and oxygen atoms in total. The van der Waals surface area contributed by atoms with Gasteiger partial charge >= 0.3 is 0 Å². The highest BCUT2D eigenvalue weighted by Crippen LogP contribution is 2.21. The molecule has 1 aromatic heterocycles. The minimum Gasteiger partial charge on any atom is -0.361 e. The lowest BCUT2D eigenvalue weighted by Gasteiger charge is -2.35. The van der Waals surface area contributed by atoms with Crippen LogP contribution in [0.1, 0.15) is 55.3 Å². The quantitative estimate of drug-likeness (QED) is 0.311. The molecule has 1 unspecified atom stereocenters. The molecular formula is C23H36IN5O. The predicted molar refractivity (Wildman–Crippen MR) is 134 cm³/mol. The van der Waals surface area contributed by atoms with E-state index in [-0.39, 0.29) is 24.0 Å². The number of aliphatic imine (C=N–C) groups is 1. The highest BCUT2D eigenvalue weighted by atomic mass is 127. The molecule has 166 valence electrons. The van der Waals surface area contributed by atoms with Crippen LogP contribution in [0.25, 0.3) is 0 Å². The van der Waals surface area contributed by atoms with Gasteiger partial charge in [-0.15, -0.1) is 24.0 Å². The number of benzene rings is 1. The predicted octanol–water partition coefficient (Wildman–Crippen LogP) is 3.92. The largest absolute Gasteiger partial charge is 0.361 e. The van der Waals surface area contributed by atoms with Gasteiger partial charge in [0.1, 0.15) is 5.76 Å². The van der Waals surface area contributed by atoms with Gasteiger partial charge in [-0.05, 0) is 30.4 Å². The van der Waals surface area contributed by atoms with E-state index < -0.39 is 0 Å². The maximum atomic E-state index is 5.47. The van der Waals surface area contributed by atoms with Gasteiger partial charge in [-0.2, -0.15) is 0 Å². The van der Waals surface area contributed by atoms with Gasteiger partial charge in [0.05, 0.1) is 5.69 Å². The van der Waals surface area contributed by atoms with E-state index in [9.17, 15) is 0 Å². The average Bonchev–Trinajstić information content (AvgIpc) is 3.18. The smallest absolute Gasteiger partial charge is 0.191 e.